The Morgan fingerprint density at radius 3 is 2.11 bits per heavy atom. The number of nitrogens with zero attached hydrogens (tertiary/aromatic N) is 1. The van der Waals surface area contributed by atoms with Crippen LogP contribution >= 0.6 is 0 Å². The number of ether oxygens (including phenoxy) is 1. The quantitative estimate of drug-likeness (QED) is 0.376. The van der Waals surface area contributed by atoms with Crippen molar-refractivity contribution in [1.82, 2.24) is 10.2 Å². The van der Waals surface area contributed by atoms with Crippen LogP contribution in [0.15, 0.2) is 78.9 Å². The molecule has 0 aromatic heterocycles. The first-order valence-electron chi connectivity index (χ1n) is 12.7. The molecule has 0 unspecified atom stereocenters. The van der Waals surface area contributed by atoms with Gasteiger partial charge in [0.05, 0.1) is 0 Å². The summed E-state index contributed by atoms with van der Waals surface area (Å²) in [6, 6.07) is 25.0. The van der Waals surface area contributed by atoms with Crippen LogP contribution in [0.2, 0.25) is 0 Å². The molecule has 0 spiro atoms. The molecule has 0 bridgehead atoms. The maximum atomic E-state index is 13.6. The van der Waals surface area contributed by atoms with Crippen LogP contribution in [0.4, 0.5) is 0 Å². The molecule has 0 aliphatic carbocycles. The maximum Gasteiger partial charge on any atom is 0.261 e. The van der Waals surface area contributed by atoms with Crippen LogP contribution in [0.1, 0.15) is 43.0 Å². The molecule has 0 radical (unpaired) electrons. The van der Waals surface area contributed by atoms with Crippen molar-refractivity contribution in [2.45, 2.75) is 53.1 Å². The minimum Gasteiger partial charge on any atom is -0.484 e. The fraction of sp³-hybridized carbons (Fsp3) is 0.355. The summed E-state index contributed by atoms with van der Waals surface area (Å²) in [6.07, 6.45) is 1.36. The molecule has 0 aliphatic heterocycles. The van der Waals surface area contributed by atoms with Crippen LogP contribution < -0.4 is 10.1 Å². The van der Waals surface area contributed by atoms with Gasteiger partial charge >= 0.3 is 0 Å². The molecule has 1 N–H and O–H groups in total. The molecule has 36 heavy (non-hydrogen) atoms. The number of hydrogen-bond acceptors (Lipinski definition) is 3. The van der Waals surface area contributed by atoms with Gasteiger partial charge < -0.3 is 15.0 Å². The summed E-state index contributed by atoms with van der Waals surface area (Å²) in [5, 5.41) is 3.05. The fourth-order valence-corrected chi connectivity index (χ4v) is 3.92. The van der Waals surface area contributed by atoms with Crippen molar-refractivity contribution in [3.8, 4) is 5.75 Å². The topological polar surface area (TPSA) is 58.6 Å². The lowest BCUT2D eigenvalue weighted by Gasteiger charge is -2.31. The summed E-state index contributed by atoms with van der Waals surface area (Å²) in [4.78, 5) is 28.7. The first-order chi connectivity index (χ1) is 17.4. The zero-order chi connectivity index (χ0) is 25.9. The minimum absolute atomic E-state index is 0.139. The SMILES string of the molecule is CCc1ccc(OCC(=O)N(Cc2ccc(C)cc2)[C@H](Cc2ccccc2)C(=O)NCC(C)C)cc1. The van der Waals surface area contributed by atoms with Gasteiger partial charge in [0, 0.05) is 19.5 Å². The largest absolute Gasteiger partial charge is 0.484 e. The van der Waals surface area contributed by atoms with E-state index < -0.39 is 6.04 Å². The first-order valence-corrected chi connectivity index (χ1v) is 12.7. The highest BCUT2D eigenvalue weighted by molar-refractivity contribution is 5.88. The van der Waals surface area contributed by atoms with E-state index in [4.69, 9.17) is 4.74 Å². The van der Waals surface area contributed by atoms with Gasteiger partial charge in [-0.1, -0.05) is 93.1 Å². The highest BCUT2D eigenvalue weighted by Gasteiger charge is 2.30. The van der Waals surface area contributed by atoms with Crippen molar-refractivity contribution in [2.24, 2.45) is 5.92 Å². The lowest BCUT2D eigenvalue weighted by atomic mass is 10.0. The Bertz CT molecular complexity index is 1090. The molecule has 3 rings (SSSR count). The van der Waals surface area contributed by atoms with Crippen molar-refractivity contribution in [3.63, 3.8) is 0 Å². The van der Waals surface area contributed by atoms with Gasteiger partial charge in [0.15, 0.2) is 6.61 Å². The Hall–Kier alpha value is -3.60. The van der Waals surface area contributed by atoms with Crippen LogP contribution in [0.5, 0.6) is 5.75 Å². The van der Waals surface area contributed by atoms with E-state index in [-0.39, 0.29) is 18.4 Å². The monoisotopic (exact) mass is 486 g/mol. The van der Waals surface area contributed by atoms with E-state index in [0.717, 1.165) is 23.1 Å². The summed E-state index contributed by atoms with van der Waals surface area (Å²) in [7, 11) is 0. The van der Waals surface area contributed by atoms with Gasteiger partial charge in [-0.2, -0.15) is 0 Å². The molecule has 0 aliphatic rings. The lowest BCUT2D eigenvalue weighted by molar-refractivity contribution is -0.142. The molecule has 3 aromatic carbocycles. The van der Waals surface area contributed by atoms with Gasteiger partial charge in [-0.25, -0.2) is 0 Å². The molecule has 2 amide bonds. The number of hydrogen-bond donors (Lipinski definition) is 1. The molecule has 1 atom stereocenters. The van der Waals surface area contributed by atoms with E-state index in [1.807, 2.05) is 85.8 Å². The standard InChI is InChI=1S/C31H38N2O3/c1-5-25-15-17-28(18-16-25)36-22-30(34)33(21-27-13-11-24(4)12-14-27)29(31(35)32-20-23(2)3)19-26-9-7-6-8-10-26/h6-18,23,29H,5,19-22H2,1-4H3,(H,32,35)/t29-/m1/s1. The Labute approximate surface area is 215 Å². The summed E-state index contributed by atoms with van der Waals surface area (Å²) in [6.45, 7) is 8.97. The third kappa shape index (κ3) is 8.26. The second kappa shape index (κ2) is 13.5. The molecule has 0 fully saturated rings. The molecule has 5 nitrogen and oxygen atoms in total. The molecule has 0 saturated heterocycles. The van der Waals surface area contributed by atoms with Crippen LogP contribution in [0.3, 0.4) is 0 Å². The summed E-state index contributed by atoms with van der Waals surface area (Å²) < 4.78 is 5.86. The van der Waals surface area contributed by atoms with Crippen molar-refractivity contribution < 1.29 is 14.3 Å². The molecule has 0 heterocycles. The molecular formula is C31H38N2O3. The van der Waals surface area contributed by atoms with E-state index in [9.17, 15) is 9.59 Å². The van der Waals surface area contributed by atoms with Crippen molar-refractivity contribution in [1.29, 1.82) is 0 Å². The van der Waals surface area contributed by atoms with Crippen molar-refractivity contribution in [2.75, 3.05) is 13.2 Å². The Balaban J connectivity index is 1.87. The second-order valence-corrected chi connectivity index (χ2v) is 9.64. The van der Waals surface area contributed by atoms with Crippen molar-refractivity contribution in [3.05, 3.63) is 101 Å². The lowest BCUT2D eigenvalue weighted by Crippen LogP contribution is -2.52. The van der Waals surface area contributed by atoms with Crippen LogP contribution in [-0.2, 0) is 29.0 Å². The van der Waals surface area contributed by atoms with E-state index in [0.29, 0.717) is 31.2 Å². The number of benzene rings is 3. The smallest absolute Gasteiger partial charge is 0.261 e. The Morgan fingerprint density at radius 1 is 0.861 bits per heavy atom. The van der Waals surface area contributed by atoms with Crippen LogP contribution in [-0.4, -0.2) is 35.9 Å². The predicted octanol–water partition coefficient (Wildman–Crippen LogP) is 5.35. The summed E-state index contributed by atoms with van der Waals surface area (Å²) in [5.41, 5.74) is 4.32. The van der Waals surface area contributed by atoms with Gasteiger partial charge in [-0.3, -0.25) is 9.59 Å². The zero-order valence-corrected chi connectivity index (χ0v) is 21.9. The number of aryl methyl sites for hydroxylation is 2. The van der Waals surface area contributed by atoms with Crippen LogP contribution in [0, 0.1) is 12.8 Å². The molecule has 0 saturated carbocycles. The van der Waals surface area contributed by atoms with E-state index in [1.54, 1.807) is 4.90 Å². The highest BCUT2D eigenvalue weighted by atomic mass is 16.5. The van der Waals surface area contributed by atoms with E-state index >= 15 is 0 Å². The van der Waals surface area contributed by atoms with Gasteiger partial charge in [-0.15, -0.1) is 0 Å². The number of carbonyl (C=O) groups is 2. The zero-order valence-electron chi connectivity index (χ0n) is 21.9. The average molecular weight is 487 g/mol. The fourth-order valence-electron chi connectivity index (χ4n) is 3.92. The van der Waals surface area contributed by atoms with Gasteiger partial charge in [0.1, 0.15) is 11.8 Å². The third-order valence-electron chi connectivity index (χ3n) is 6.12. The summed E-state index contributed by atoms with van der Waals surface area (Å²) >= 11 is 0. The Kier molecular flexibility index (Phi) is 10.1. The molecule has 3 aromatic rings. The normalized spacial score (nSPS) is 11.7. The average Bonchev–Trinajstić information content (AvgIpc) is 2.89. The Morgan fingerprint density at radius 2 is 1.50 bits per heavy atom. The van der Waals surface area contributed by atoms with Crippen LogP contribution in [0.25, 0.3) is 0 Å². The predicted molar refractivity (Wildman–Crippen MR) is 145 cm³/mol. The van der Waals surface area contributed by atoms with Gasteiger partial charge in [0.25, 0.3) is 5.91 Å². The number of rotatable bonds is 12. The molecule has 5 heteroatoms. The van der Waals surface area contributed by atoms with E-state index in [2.05, 4.69) is 26.1 Å². The first kappa shape index (κ1) is 27.0. The minimum atomic E-state index is -0.661. The van der Waals surface area contributed by atoms with Crippen molar-refractivity contribution >= 4 is 11.8 Å². The molecule has 190 valence electrons. The summed E-state index contributed by atoms with van der Waals surface area (Å²) in [5.74, 6) is 0.567. The second-order valence-electron chi connectivity index (χ2n) is 9.64. The highest BCUT2D eigenvalue weighted by Crippen LogP contribution is 2.17. The van der Waals surface area contributed by atoms with Gasteiger partial charge in [0.2, 0.25) is 5.91 Å². The third-order valence-corrected chi connectivity index (χ3v) is 6.12. The maximum absolute atomic E-state index is 13.6. The number of carbonyl (C=O) groups excluding carboxylic acids is 2. The molecular weight excluding hydrogens is 448 g/mol. The number of nitrogens with one attached hydrogen (secondary N) is 1. The number of amides is 2. The van der Waals surface area contributed by atoms with Gasteiger partial charge in [-0.05, 0) is 48.1 Å². The van der Waals surface area contributed by atoms with E-state index in [1.165, 1.54) is 5.56 Å².